The van der Waals surface area contributed by atoms with Gasteiger partial charge in [-0.2, -0.15) is 10.2 Å². The lowest BCUT2D eigenvalue weighted by atomic mass is 10.4. The maximum Gasteiger partial charge on any atom is 0.0516 e. The molecule has 0 bridgehead atoms. The van der Waals surface area contributed by atoms with Crippen LogP contribution in [-0.2, 0) is 0 Å². The highest BCUT2D eigenvalue weighted by molar-refractivity contribution is 4.96. The van der Waals surface area contributed by atoms with E-state index in [2.05, 4.69) is 34.2 Å². The summed E-state index contributed by atoms with van der Waals surface area (Å²) in [5.41, 5.74) is 1.18. The fourth-order valence-corrected chi connectivity index (χ4v) is 0.531. The molecule has 0 aromatic carbocycles. The molecule has 2 aromatic rings. The average Bonchev–Trinajstić information content (AvgIpc) is 2.96. The molecule has 0 atom stereocenters. The third-order valence-electron chi connectivity index (χ3n) is 1.04. The summed E-state index contributed by atoms with van der Waals surface area (Å²) in [6, 6.07) is 1.83. The molecule has 4 heteroatoms. The summed E-state index contributed by atoms with van der Waals surface area (Å²) in [5.74, 6) is 0. The molecule has 4 nitrogen and oxygen atoms in total. The Morgan fingerprint density at radius 2 is 1.81 bits per heavy atom. The van der Waals surface area contributed by atoms with Gasteiger partial charge in [0.25, 0.3) is 0 Å². The lowest BCUT2D eigenvalue weighted by molar-refractivity contribution is 1.09. The van der Waals surface area contributed by atoms with E-state index in [1.807, 2.05) is 33.0 Å². The molecule has 94 valence electrons. The van der Waals surface area contributed by atoms with Crippen molar-refractivity contribution < 1.29 is 1.43 Å². The molecule has 2 rings (SSSR count). The molecule has 0 aliphatic carbocycles. The van der Waals surface area contributed by atoms with Crippen LogP contribution in [0.5, 0.6) is 0 Å². The predicted molar refractivity (Wildman–Crippen MR) is 71.3 cm³/mol. The number of hydrogen-bond donors (Lipinski definition) is 2. The van der Waals surface area contributed by atoms with Crippen molar-refractivity contribution in [1.82, 2.24) is 20.4 Å². The molecular weight excluding hydrogens is 200 g/mol. The molecule has 2 N–H and O–H groups in total. The Bertz CT molecular complexity index is 249. The highest BCUT2D eigenvalue weighted by atomic mass is 15.1. The molecule has 0 aliphatic heterocycles. The van der Waals surface area contributed by atoms with E-state index in [9.17, 15) is 0 Å². The van der Waals surface area contributed by atoms with E-state index in [4.69, 9.17) is 0 Å². The number of nitrogens with zero attached hydrogens (tertiary/aromatic N) is 2. The molecule has 0 fully saturated rings. The topological polar surface area (TPSA) is 57.4 Å². The Morgan fingerprint density at radius 3 is 1.94 bits per heavy atom. The van der Waals surface area contributed by atoms with Gasteiger partial charge in [-0.3, -0.25) is 10.2 Å². The molecule has 2 aromatic heterocycles. The molecule has 0 unspecified atom stereocenters. The summed E-state index contributed by atoms with van der Waals surface area (Å²) in [6.07, 6.45) is 8.33. The number of aryl methyl sites for hydroxylation is 1. The van der Waals surface area contributed by atoms with Crippen molar-refractivity contribution in [3.63, 3.8) is 0 Å². The molecular formula is C12H26N4. The first-order chi connectivity index (χ1) is 7.81. The van der Waals surface area contributed by atoms with Crippen LogP contribution in [-0.4, -0.2) is 20.4 Å². The summed E-state index contributed by atoms with van der Waals surface area (Å²) >= 11 is 0. The van der Waals surface area contributed by atoms with Gasteiger partial charge in [0.1, 0.15) is 0 Å². The zero-order valence-corrected chi connectivity index (χ0v) is 11.0. The second-order valence-electron chi connectivity index (χ2n) is 2.75. The first-order valence-electron chi connectivity index (χ1n) is 5.70. The van der Waals surface area contributed by atoms with Gasteiger partial charge in [-0.05, 0) is 18.6 Å². The number of H-pyrrole nitrogens is 2. The van der Waals surface area contributed by atoms with Crippen molar-refractivity contribution in [1.29, 1.82) is 0 Å². The SMILES string of the molecule is CC.CCC.Cc1cn[nH]c1.[HH].c1cn[nH]c1. The van der Waals surface area contributed by atoms with Crippen LogP contribution in [0.1, 0.15) is 41.1 Å². The van der Waals surface area contributed by atoms with Gasteiger partial charge in [0, 0.05) is 20.0 Å². The lowest BCUT2D eigenvalue weighted by Gasteiger charge is -1.62. The molecule has 0 saturated carbocycles. The van der Waals surface area contributed by atoms with Crippen LogP contribution in [0, 0.1) is 6.92 Å². The van der Waals surface area contributed by atoms with Gasteiger partial charge in [-0.15, -0.1) is 0 Å². The number of aromatic amines is 2. The maximum atomic E-state index is 3.70. The minimum Gasteiger partial charge on any atom is -0.286 e. The Morgan fingerprint density at radius 1 is 1.19 bits per heavy atom. The van der Waals surface area contributed by atoms with Crippen molar-refractivity contribution >= 4 is 0 Å². The van der Waals surface area contributed by atoms with E-state index in [0.717, 1.165) is 0 Å². The summed E-state index contributed by atoms with van der Waals surface area (Å²) < 4.78 is 0. The Hall–Kier alpha value is -1.58. The number of nitrogens with one attached hydrogen (secondary N) is 2. The summed E-state index contributed by atoms with van der Waals surface area (Å²) in [5, 5.41) is 12.6. The van der Waals surface area contributed by atoms with Crippen LogP contribution >= 0.6 is 0 Å². The van der Waals surface area contributed by atoms with E-state index in [1.54, 1.807) is 18.6 Å². The zero-order chi connectivity index (χ0) is 12.6. The summed E-state index contributed by atoms with van der Waals surface area (Å²) in [6.45, 7) is 10.2. The van der Waals surface area contributed by atoms with Crippen molar-refractivity contribution in [2.24, 2.45) is 0 Å². The largest absolute Gasteiger partial charge is 0.286 e. The number of aromatic nitrogens is 4. The fraction of sp³-hybridized carbons (Fsp3) is 0.500. The minimum atomic E-state index is 0. The molecule has 0 saturated heterocycles. The third kappa shape index (κ3) is 14.9. The Balaban J connectivity index is -0.000000164. The van der Waals surface area contributed by atoms with E-state index in [1.165, 1.54) is 12.0 Å². The minimum absolute atomic E-state index is 0. The van der Waals surface area contributed by atoms with Crippen LogP contribution in [0.2, 0.25) is 0 Å². The molecule has 0 aliphatic rings. The van der Waals surface area contributed by atoms with Crippen molar-refractivity contribution in [3.8, 4) is 0 Å². The maximum absolute atomic E-state index is 3.70. The van der Waals surface area contributed by atoms with Crippen LogP contribution in [0.3, 0.4) is 0 Å². The summed E-state index contributed by atoms with van der Waals surface area (Å²) in [4.78, 5) is 0. The number of rotatable bonds is 0. The van der Waals surface area contributed by atoms with Crippen molar-refractivity contribution in [2.45, 2.75) is 41.0 Å². The standard InChI is InChI=1S/C4H6N2.C3H4N2.C3H8.C2H6.H2/c1-4-2-5-6-3-4;1-2-4-5-3-1;1-3-2;1-2;/h2-3H,1H3,(H,5,6);1-3H,(H,4,5);3H2,1-2H3;1-2H3;1H. The second-order valence-corrected chi connectivity index (χ2v) is 2.75. The highest BCUT2D eigenvalue weighted by Crippen LogP contribution is 1.84. The van der Waals surface area contributed by atoms with Gasteiger partial charge in [0.2, 0.25) is 0 Å². The van der Waals surface area contributed by atoms with E-state index < -0.39 is 0 Å². The zero-order valence-electron chi connectivity index (χ0n) is 11.0. The van der Waals surface area contributed by atoms with E-state index in [-0.39, 0.29) is 1.43 Å². The quantitative estimate of drug-likeness (QED) is 0.717. The Kier molecular flexibility index (Phi) is 16.7. The van der Waals surface area contributed by atoms with Gasteiger partial charge >= 0.3 is 0 Å². The second kappa shape index (κ2) is 15.9. The van der Waals surface area contributed by atoms with Gasteiger partial charge in [-0.1, -0.05) is 34.1 Å². The Labute approximate surface area is 100.0 Å². The molecule has 2 heterocycles. The van der Waals surface area contributed by atoms with Gasteiger partial charge in [0.15, 0.2) is 0 Å². The average molecular weight is 226 g/mol. The van der Waals surface area contributed by atoms with Gasteiger partial charge < -0.3 is 0 Å². The van der Waals surface area contributed by atoms with Crippen molar-refractivity contribution in [2.75, 3.05) is 0 Å². The molecule has 0 radical (unpaired) electrons. The normalized spacial score (nSPS) is 7.31. The van der Waals surface area contributed by atoms with Gasteiger partial charge in [-0.25, -0.2) is 0 Å². The van der Waals surface area contributed by atoms with E-state index in [0.29, 0.717) is 0 Å². The van der Waals surface area contributed by atoms with Crippen LogP contribution < -0.4 is 0 Å². The number of hydrogen-bond acceptors (Lipinski definition) is 2. The van der Waals surface area contributed by atoms with Crippen molar-refractivity contribution in [3.05, 3.63) is 36.4 Å². The third-order valence-corrected chi connectivity index (χ3v) is 1.04. The molecule has 0 amide bonds. The first kappa shape index (κ1) is 16.8. The molecule has 16 heavy (non-hydrogen) atoms. The monoisotopic (exact) mass is 226 g/mol. The van der Waals surface area contributed by atoms with Crippen LogP contribution in [0.15, 0.2) is 30.9 Å². The lowest BCUT2D eigenvalue weighted by Crippen LogP contribution is -1.53. The summed E-state index contributed by atoms with van der Waals surface area (Å²) in [7, 11) is 0. The highest BCUT2D eigenvalue weighted by Gasteiger charge is 1.74. The van der Waals surface area contributed by atoms with E-state index >= 15 is 0 Å². The van der Waals surface area contributed by atoms with Gasteiger partial charge in [0.05, 0.1) is 6.20 Å². The van der Waals surface area contributed by atoms with Crippen LogP contribution in [0.4, 0.5) is 0 Å². The predicted octanol–water partition coefficient (Wildman–Crippen LogP) is 3.82. The van der Waals surface area contributed by atoms with Crippen LogP contribution in [0.25, 0.3) is 0 Å². The molecule has 0 spiro atoms. The smallest absolute Gasteiger partial charge is 0.0516 e. The fourth-order valence-electron chi connectivity index (χ4n) is 0.531. The first-order valence-corrected chi connectivity index (χ1v) is 5.70.